The van der Waals surface area contributed by atoms with E-state index in [1.54, 1.807) is 0 Å². The molecule has 0 aromatic heterocycles. The molecule has 4 aromatic carbocycles. The van der Waals surface area contributed by atoms with E-state index in [4.69, 9.17) is 0 Å². The number of aryl methyl sites for hydroxylation is 1. The number of fused-ring (bicyclic) bond motifs is 7. The van der Waals surface area contributed by atoms with Crippen LogP contribution < -0.4 is 4.90 Å². The Kier molecular flexibility index (Phi) is 3.86. The highest BCUT2D eigenvalue weighted by Gasteiger charge is 2.46. The molecule has 4 aromatic rings. The van der Waals surface area contributed by atoms with Crippen molar-refractivity contribution in [2.24, 2.45) is 0 Å². The lowest BCUT2D eigenvalue weighted by molar-refractivity contribution is 0.507. The fraction of sp³-hybridized carbons (Fsp3) is 0.172. The zero-order valence-electron chi connectivity index (χ0n) is 17.3. The molecule has 0 fully saturated rings. The molecule has 0 aliphatic heterocycles. The van der Waals surface area contributed by atoms with Gasteiger partial charge in [-0.15, -0.1) is 0 Å². The third kappa shape index (κ3) is 2.35. The van der Waals surface area contributed by atoms with Crippen molar-refractivity contribution in [2.75, 3.05) is 11.9 Å². The summed E-state index contributed by atoms with van der Waals surface area (Å²) in [6, 6.07) is 35.9. The Labute approximate surface area is 178 Å². The molecular weight excluding hydrogens is 362 g/mol. The molecule has 0 amide bonds. The smallest absolute Gasteiger partial charge is 0.0467 e. The minimum Gasteiger partial charge on any atom is -0.345 e. The summed E-state index contributed by atoms with van der Waals surface area (Å²) in [5, 5.41) is 0. The van der Waals surface area contributed by atoms with Gasteiger partial charge in [-0.2, -0.15) is 0 Å². The molecule has 2 aliphatic carbocycles. The van der Waals surface area contributed by atoms with Crippen LogP contribution >= 0.6 is 0 Å². The van der Waals surface area contributed by atoms with Gasteiger partial charge in [-0.25, -0.2) is 0 Å². The SMILES string of the molecule is CN(c1ccccc1)c1ccc2c(c1)C1(CCCc3ccccc31)c1ccccc1-2. The maximum absolute atomic E-state index is 2.45. The van der Waals surface area contributed by atoms with E-state index in [0.29, 0.717) is 0 Å². The van der Waals surface area contributed by atoms with Crippen LogP contribution in [0.2, 0.25) is 0 Å². The first kappa shape index (κ1) is 17.5. The van der Waals surface area contributed by atoms with Gasteiger partial charge in [-0.1, -0.05) is 72.8 Å². The van der Waals surface area contributed by atoms with E-state index in [0.717, 1.165) is 0 Å². The van der Waals surface area contributed by atoms with Crippen LogP contribution in [0.3, 0.4) is 0 Å². The molecule has 1 spiro atoms. The summed E-state index contributed by atoms with van der Waals surface area (Å²) in [6.07, 6.45) is 3.58. The zero-order valence-corrected chi connectivity index (χ0v) is 17.3. The lowest BCUT2D eigenvalue weighted by Gasteiger charge is -2.38. The molecule has 1 atom stereocenters. The quantitative estimate of drug-likeness (QED) is 0.354. The second-order valence-electron chi connectivity index (χ2n) is 8.59. The Morgan fingerprint density at radius 1 is 0.633 bits per heavy atom. The molecule has 1 unspecified atom stereocenters. The monoisotopic (exact) mass is 387 g/mol. The van der Waals surface area contributed by atoms with Crippen molar-refractivity contribution in [1.82, 2.24) is 0 Å². The van der Waals surface area contributed by atoms with E-state index in [9.17, 15) is 0 Å². The van der Waals surface area contributed by atoms with Crippen molar-refractivity contribution in [2.45, 2.75) is 24.7 Å². The van der Waals surface area contributed by atoms with E-state index in [1.165, 1.54) is 64.0 Å². The van der Waals surface area contributed by atoms with Crippen molar-refractivity contribution >= 4 is 11.4 Å². The van der Waals surface area contributed by atoms with E-state index in [1.807, 2.05) is 0 Å². The van der Waals surface area contributed by atoms with Crippen LogP contribution in [0.5, 0.6) is 0 Å². The molecule has 1 heteroatoms. The minimum atomic E-state index is -0.0334. The molecule has 1 nitrogen and oxygen atoms in total. The lowest BCUT2D eigenvalue weighted by atomic mass is 9.64. The zero-order chi connectivity index (χ0) is 20.1. The summed E-state index contributed by atoms with van der Waals surface area (Å²) in [7, 11) is 2.17. The number of benzene rings is 4. The van der Waals surface area contributed by atoms with Crippen LogP contribution in [-0.2, 0) is 11.8 Å². The fourth-order valence-electron chi connectivity index (χ4n) is 5.76. The predicted octanol–water partition coefficient (Wildman–Crippen LogP) is 7.11. The summed E-state index contributed by atoms with van der Waals surface area (Å²) in [4.78, 5) is 2.30. The van der Waals surface area contributed by atoms with Crippen LogP contribution in [0.4, 0.5) is 11.4 Å². The predicted molar refractivity (Wildman–Crippen MR) is 126 cm³/mol. The second-order valence-corrected chi connectivity index (χ2v) is 8.59. The van der Waals surface area contributed by atoms with E-state index in [2.05, 4.69) is 109 Å². The topological polar surface area (TPSA) is 3.24 Å². The summed E-state index contributed by atoms with van der Waals surface area (Å²) in [6.45, 7) is 0. The third-order valence-electron chi connectivity index (χ3n) is 7.15. The summed E-state index contributed by atoms with van der Waals surface area (Å²) in [5.74, 6) is 0. The van der Waals surface area contributed by atoms with E-state index in [-0.39, 0.29) is 5.41 Å². The summed E-state index contributed by atoms with van der Waals surface area (Å²) < 4.78 is 0. The highest BCUT2D eigenvalue weighted by Crippen LogP contribution is 2.57. The third-order valence-corrected chi connectivity index (χ3v) is 7.15. The Morgan fingerprint density at radius 2 is 1.33 bits per heavy atom. The van der Waals surface area contributed by atoms with Gasteiger partial charge >= 0.3 is 0 Å². The molecular formula is C29H25N. The maximum Gasteiger partial charge on any atom is 0.0467 e. The molecule has 0 N–H and O–H groups in total. The average Bonchev–Trinajstić information content (AvgIpc) is 3.09. The molecule has 0 saturated carbocycles. The van der Waals surface area contributed by atoms with Crippen LogP contribution in [0.15, 0.2) is 97.1 Å². The number of rotatable bonds is 2. The van der Waals surface area contributed by atoms with Gasteiger partial charge in [-0.3, -0.25) is 0 Å². The Bertz CT molecular complexity index is 1240. The molecule has 2 aliphatic rings. The van der Waals surface area contributed by atoms with Gasteiger partial charge in [-0.05, 0) is 76.9 Å². The van der Waals surface area contributed by atoms with Crippen LogP contribution in [-0.4, -0.2) is 7.05 Å². The molecule has 6 rings (SSSR count). The van der Waals surface area contributed by atoms with Gasteiger partial charge in [0.25, 0.3) is 0 Å². The first-order valence-electron chi connectivity index (χ1n) is 10.9. The molecule has 0 bridgehead atoms. The van der Waals surface area contributed by atoms with Crippen LogP contribution in [0, 0.1) is 0 Å². The number of nitrogens with zero attached hydrogens (tertiary/aromatic N) is 1. The van der Waals surface area contributed by atoms with Crippen molar-refractivity contribution < 1.29 is 0 Å². The summed E-state index contributed by atoms with van der Waals surface area (Å²) >= 11 is 0. The van der Waals surface area contributed by atoms with Crippen LogP contribution in [0.25, 0.3) is 11.1 Å². The van der Waals surface area contributed by atoms with E-state index < -0.39 is 0 Å². The van der Waals surface area contributed by atoms with Crippen molar-refractivity contribution in [3.8, 4) is 11.1 Å². The molecule has 0 radical (unpaired) electrons. The van der Waals surface area contributed by atoms with Gasteiger partial charge < -0.3 is 4.90 Å². The molecule has 30 heavy (non-hydrogen) atoms. The Morgan fingerprint density at radius 3 is 2.20 bits per heavy atom. The van der Waals surface area contributed by atoms with Gasteiger partial charge in [0.1, 0.15) is 0 Å². The van der Waals surface area contributed by atoms with Gasteiger partial charge in [0.15, 0.2) is 0 Å². The molecule has 0 heterocycles. The number of hydrogen-bond donors (Lipinski definition) is 0. The number of anilines is 2. The molecule has 0 saturated heterocycles. The lowest BCUT2D eigenvalue weighted by Crippen LogP contribution is -2.31. The molecule has 146 valence electrons. The standard InChI is InChI=1S/C29H25N/c1-30(22-12-3-2-4-13-22)23-17-18-25-24-14-6-8-16-27(24)29(28(25)20-23)19-9-11-21-10-5-7-15-26(21)29/h2-8,10,12-18,20H,9,11,19H2,1H3. The first-order chi connectivity index (χ1) is 14.8. The summed E-state index contributed by atoms with van der Waals surface area (Å²) in [5.41, 5.74) is 11.2. The largest absolute Gasteiger partial charge is 0.345 e. The Balaban J connectivity index is 1.61. The Hall–Kier alpha value is -3.32. The van der Waals surface area contributed by atoms with Gasteiger partial charge in [0.2, 0.25) is 0 Å². The highest BCUT2D eigenvalue weighted by atomic mass is 15.1. The second kappa shape index (κ2) is 6.60. The minimum absolute atomic E-state index is 0.0334. The first-order valence-corrected chi connectivity index (χ1v) is 10.9. The van der Waals surface area contributed by atoms with Gasteiger partial charge in [0.05, 0.1) is 0 Å². The normalized spacial score (nSPS) is 18.6. The average molecular weight is 388 g/mol. The maximum atomic E-state index is 2.45. The van der Waals surface area contributed by atoms with Gasteiger partial charge in [0, 0.05) is 23.8 Å². The van der Waals surface area contributed by atoms with Crippen molar-refractivity contribution in [3.63, 3.8) is 0 Å². The highest BCUT2D eigenvalue weighted by molar-refractivity contribution is 5.86. The van der Waals surface area contributed by atoms with E-state index >= 15 is 0 Å². The van der Waals surface area contributed by atoms with Crippen molar-refractivity contribution in [1.29, 1.82) is 0 Å². The number of hydrogen-bond acceptors (Lipinski definition) is 1. The fourth-order valence-corrected chi connectivity index (χ4v) is 5.76. The van der Waals surface area contributed by atoms with Crippen molar-refractivity contribution in [3.05, 3.63) is 119 Å². The van der Waals surface area contributed by atoms with Crippen LogP contribution in [0.1, 0.15) is 35.1 Å². The number of para-hydroxylation sites is 1.